The fourth-order valence-electron chi connectivity index (χ4n) is 1.63. The van der Waals surface area contributed by atoms with Crippen LogP contribution in [0.4, 0.5) is 0 Å². The Morgan fingerprint density at radius 1 is 0.742 bits per heavy atom. The van der Waals surface area contributed by atoms with Gasteiger partial charge in [0.2, 0.25) is 0 Å². The maximum Gasteiger partial charge on any atom is 0.00911 e. The number of nitrogens with zero attached hydrogens (tertiary/aromatic N) is 7. The normalized spacial score (nSPS) is 11.7. The molecule has 0 aliphatic rings. The van der Waals surface area contributed by atoms with Gasteiger partial charge in [0.25, 0.3) is 0 Å². The second kappa shape index (κ2) is 27.8. The van der Waals surface area contributed by atoms with Crippen LogP contribution in [0.3, 0.4) is 0 Å². The van der Waals surface area contributed by atoms with E-state index in [9.17, 15) is 0 Å². The molecule has 1 atom stereocenters. The van der Waals surface area contributed by atoms with Gasteiger partial charge in [-0.05, 0) is 46.6 Å². The van der Waals surface area contributed by atoms with E-state index in [1.165, 1.54) is 0 Å². The van der Waals surface area contributed by atoms with Crippen molar-refractivity contribution in [3.63, 3.8) is 0 Å². The average Bonchev–Trinajstić information content (AvgIpc) is 2.53. The van der Waals surface area contributed by atoms with Crippen molar-refractivity contribution in [2.45, 2.75) is 85.8 Å². The van der Waals surface area contributed by atoms with Gasteiger partial charge in [0, 0.05) is 33.7 Å². The molecule has 0 aliphatic heterocycles. The van der Waals surface area contributed by atoms with Crippen molar-refractivity contribution in [3.05, 3.63) is 21.3 Å². The van der Waals surface area contributed by atoms with Crippen molar-refractivity contribution < 1.29 is 21.7 Å². The first-order valence-corrected chi connectivity index (χ1v) is 10.7. The minimum Gasteiger partial charge on any atom is -0.668 e. The Kier molecular flexibility index (Phi) is 36.9. The van der Waals surface area contributed by atoms with E-state index < -0.39 is 0 Å². The molecule has 31 heavy (non-hydrogen) atoms. The molecule has 1 N–H and O–H groups in total. The minimum atomic E-state index is 0. The van der Waals surface area contributed by atoms with Crippen LogP contribution in [-0.4, -0.2) is 103 Å². The summed E-state index contributed by atoms with van der Waals surface area (Å²) < 4.78 is 0. The van der Waals surface area contributed by atoms with Gasteiger partial charge in [0.05, 0.1) is 0 Å². The van der Waals surface area contributed by atoms with Crippen molar-refractivity contribution in [1.82, 2.24) is 15.1 Å². The second-order valence-corrected chi connectivity index (χ2v) is 8.44. The van der Waals surface area contributed by atoms with Gasteiger partial charge in [-0.3, -0.25) is 0 Å². The fraction of sp³-hybridized carbons (Fsp3) is 0.955. The predicted octanol–water partition coefficient (Wildman–Crippen LogP) is 4.94. The summed E-state index contributed by atoms with van der Waals surface area (Å²) in [5.41, 5.74) is 0. The zero-order chi connectivity index (χ0) is 24.9. The van der Waals surface area contributed by atoms with Crippen LogP contribution in [0.25, 0.3) is 21.3 Å². The summed E-state index contributed by atoms with van der Waals surface area (Å²) in [4.78, 5) is 8.42. The number of hydrogen-bond donors (Lipinski definition) is 1. The van der Waals surface area contributed by atoms with E-state index in [0.717, 1.165) is 5.96 Å². The number of guanidine groups is 1. The predicted molar refractivity (Wildman–Crippen MR) is 139 cm³/mol. The van der Waals surface area contributed by atoms with Crippen LogP contribution in [-0.2, 0) is 21.7 Å². The Morgan fingerprint density at radius 2 is 1.13 bits per heavy atom. The molecule has 0 rings (SSSR count). The van der Waals surface area contributed by atoms with Crippen LogP contribution in [0.15, 0.2) is 4.99 Å². The van der Waals surface area contributed by atoms with Gasteiger partial charge in [-0.15, -0.1) is 6.04 Å². The van der Waals surface area contributed by atoms with Crippen molar-refractivity contribution in [3.8, 4) is 0 Å². The van der Waals surface area contributed by atoms with Crippen molar-refractivity contribution >= 4 is 5.96 Å². The summed E-state index contributed by atoms with van der Waals surface area (Å²) in [5, 5.41) is 19.3. The first kappa shape index (κ1) is 41.1. The van der Waals surface area contributed by atoms with Crippen molar-refractivity contribution in [2.75, 3.05) is 56.4 Å². The Bertz CT molecular complexity index is 347. The van der Waals surface area contributed by atoms with E-state index in [-0.39, 0.29) is 28.0 Å². The number of nitrogens with one attached hydrogen (secondary N) is 1. The molecule has 0 saturated carbocycles. The smallest absolute Gasteiger partial charge is 0.00911 e. The monoisotopic (exact) mass is 478 g/mol. The zero-order valence-corrected chi connectivity index (χ0v) is 25.1. The van der Waals surface area contributed by atoms with Crippen LogP contribution >= 0.6 is 0 Å². The number of aliphatic imine (C=N–C) groups is 1. The molecule has 0 aromatic heterocycles. The second-order valence-electron chi connectivity index (χ2n) is 8.44. The van der Waals surface area contributed by atoms with Crippen LogP contribution in [0, 0.1) is 0 Å². The molecular weight excluding hydrogens is 424 g/mol. The van der Waals surface area contributed by atoms with Crippen molar-refractivity contribution in [1.29, 1.82) is 0 Å². The molecule has 8 nitrogen and oxygen atoms in total. The Hall–Kier alpha value is -0.216. The molecule has 190 valence electrons. The molecule has 0 amide bonds. The van der Waals surface area contributed by atoms with Gasteiger partial charge >= 0.3 is 0 Å². The minimum absolute atomic E-state index is 0. The topological polar surface area (TPSA) is 87.3 Å². The van der Waals surface area contributed by atoms with Crippen LogP contribution in [0.2, 0.25) is 0 Å². The Labute approximate surface area is 211 Å². The molecule has 0 saturated heterocycles. The molecular formula is C22H54N8Ti-4. The summed E-state index contributed by atoms with van der Waals surface area (Å²) in [6, 6.07) is 1.47. The molecule has 0 heterocycles. The molecule has 9 heteroatoms. The quantitative estimate of drug-likeness (QED) is 0.243. The van der Waals surface area contributed by atoms with Gasteiger partial charge in [-0.1, -0.05) is 55.4 Å². The van der Waals surface area contributed by atoms with E-state index in [4.69, 9.17) is 0 Å². The molecule has 0 spiro atoms. The van der Waals surface area contributed by atoms with E-state index in [1.54, 1.807) is 28.2 Å². The van der Waals surface area contributed by atoms with Crippen LogP contribution in [0.1, 0.15) is 55.4 Å². The molecule has 0 aliphatic carbocycles. The first-order valence-electron chi connectivity index (χ1n) is 10.7. The summed E-state index contributed by atoms with van der Waals surface area (Å²) >= 11 is 0. The van der Waals surface area contributed by atoms with E-state index in [2.05, 4.69) is 91.9 Å². The molecule has 0 aromatic carbocycles. The van der Waals surface area contributed by atoms with Crippen LogP contribution < -0.4 is 5.32 Å². The summed E-state index contributed by atoms with van der Waals surface area (Å²) in [7, 11) is 15.0. The van der Waals surface area contributed by atoms with Crippen molar-refractivity contribution in [2.24, 2.45) is 4.99 Å². The Morgan fingerprint density at radius 3 is 1.32 bits per heavy atom. The third-order valence-electron chi connectivity index (χ3n) is 2.56. The molecule has 0 aromatic rings. The molecule has 1 unspecified atom stereocenters. The zero-order valence-electron chi connectivity index (χ0n) is 23.5. The van der Waals surface area contributed by atoms with Gasteiger partial charge in [0.1, 0.15) is 0 Å². The molecule has 0 fully saturated rings. The third kappa shape index (κ3) is 40.6. The van der Waals surface area contributed by atoms with Gasteiger partial charge in [-0.25, -0.2) is 0 Å². The standard InChI is InChI=1S/C9H22N3.C9H20N3.2C2H6N.Ti/c2*1-7(2)10-9(12(5)6)11-8(3)4;2*1-3-2;/h7-10H,1-6H3;7-8H,1-6H3;2*1-2H3;/q4*-1;. The fourth-order valence-corrected chi connectivity index (χ4v) is 1.63. The summed E-state index contributed by atoms with van der Waals surface area (Å²) in [5.74, 6) is 0.833. The van der Waals surface area contributed by atoms with E-state index >= 15 is 0 Å². The Balaban J connectivity index is -0.000000113. The average molecular weight is 479 g/mol. The summed E-state index contributed by atoms with van der Waals surface area (Å²) in [6.45, 7) is 16.7. The maximum absolute atomic E-state index is 4.53. The first-order chi connectivity index (χ1) is 13.7. The van der Waals surface area contributed by atoms with Gasteiger partial charge < -0.3 is 41.4 Å². The SMILES string of the molecule is CC(C)N=C([N-]C(C)C)N(C)C.CC(C)[N-]C(NC(C)C)N(C)C.C[N-]C.C[N-]C.[Ti]. The van der Waals surface area contributed by atoms with Gasteiger partial charge in [0.15, 0.2) is 0 Å². The summed E-state index contributed by atoms with van der Waals surface area (Å²) in [6.07, 6.45) is 0.144. The van der Waals surface area contributed by atoms with Crippen LogP contribution in [0.5, 0.6) is 0 Å². The number of hydrogen-bond acceptors (Lipinski definition) is 3. The number of rotatable bonds is 7. The third-order valence-corrected chi connectivity index (χ3v) is 2.56. The molecule has 0 bridgehead atoms. The maximum atomic E-state index is 4.53. The largest absolute Gasteiger partial charge is 0.668 e. The van der Waals surface area contributed by atoms with Gasteiger partial charge in [-0.2, -0.15) is 28.2 Å². The van der Waals surface area contributed by atoms with E-state index in [1.807, 2.05) is 33.1 Å². The molecule has 0 radical (unpaired) electrons. The van der Waals surface area contributed by atoms with E-state index in [0.29, 0.717) is 24.2 Å².